The molecular formula is C27H39N5O2. The predicted octanol–water partition coefficient (Wildman–Crippen LogP) is 5.44. The topological polar surface area (TPSA) is 91.1 Å². The number of nitrogens with zero attached hydrogens (tertiary/aromatic N) is 4. The summed E-state index contributed by atoms with van der Waals surface area (Å²) < 4.78 is 5.36. The zero-order valence-electron chi connectivity index (χ0n) is 21.5. The van der Waals surface area contributed by atoms with Crippen LogP contribution in [0.5, 0.6) is 0 Å². The highest BCUT2D eigenvalue weighted by Crippen LogP contribution is 2.39. The molecule has 2 aliphatic rings. The molecule has 0 spiro atoms. The molecule has 2 aromatic rings. The molecule has 2 fully saturated rings. The van der Waals surface area contributed by atoms with E-state index in [1.165, 1.54) is 12.8 Å². The Morgan fingerprint density at radius 1 is 1.24 bits per heavy atom. The molecule has 1 saturated heterocycles. The molecule has 1 N–H and O–H groups in total. The number of aryl methyl sites for hydroxylation is 2. The van der Waals surface area contributed by atoms with E-state index in [0.29, 0.717) is 17.9 Å². The van der Waals surface area contributed by atoms with Gasteiger partial charge in [-0.2, -0.15) is 5.26 Å². The lowest BCUT2D eigenvalue weighted by molar-refractivity contribution is -0.107. The summed E-state index contributed by atoms with van der Waals surface area (Å²) in [6.07, 6.45) is 7.25. The molecule has 1 aliphatic carbocycles. The summed E-state index contributed by atoms with van der Waals surface area (Å²) in [5.41, 5.74) is 4.45. The van der Waals surface area contributed by atoms with Gasteiger partial charge in [0.2, 0.25) is 5.95 Å². The fraction of sp³-hybridized carbons (Fsp3) is 0.556. The molecule has 2 unspecified atom stereocenters. The lowest BCUT2D eigenvalue weighted by atomic mass is 10.0. The van der Waals surface area contributed by atoms with E-state index in [1.807, 2.05) is 51.9 Å². The van der Waals surface area contributed by atoms with Crippen LogP contribution in [0.15, 0.2) is 24.4 Å². The quantitative estimate of drug-likeness (QED) is 0.588. The summed E-state index contributed by atoms with van der Waals surface area (Å²) in [7, 11) is 3.92. The normalized spacial score (nSPS) is 20.1. The summed E-state index contributed by atoms with van der Waals surface area (Å²) in [5, 5.41) is 12.0. The Kier molecular flexibility index (Phi) is 11.0. The van der Waals surface area contributed by atoms with Crippen LogP contribution >= 0.6 is 0 Å². The van der Waals surface area contributed by atoms with Crippen molar-refractivity contribution in [2.45, 2.75) is 53.4 Å². The van der Waals surface area contributed by atoms with E-state index in [2.05, 4.69) is 28.3 Å². The van der Waals surface area contributed by atoms with E-state index < -0.39 is 0 Å². The van der Waals surface area contributed by atoms with Gasteiger partial charge < -0.3 is 19.7 Å². The summed E-state index contributed by atoms with van der Waals surface area (Å²) >= 11 is 0. The van der Waals surface area contributed by atoms with E-state index in [-0.39, 0.29) is 0 Å². The lowest BCUT2D eigenvalue weighted by Gasteiger charge is -2.15. The average molecular weight is 466 g/mol. The zero-order valence-corrected chi connectivity index (χ0v) is 21.5. The first-order valence-corrected chi connectivity index (χ1v) is 12.1. The van der Waals surface area contributed by atoms with Crippen LogP contribution in [0.25, 0.3) is 0 Å². The second-order valence-corrected chi connectivity index (χ2v) is 9.41. The smallest absolute Gasteiger partial charge is 0.227 e. The molecule has 34 heavy (non-hydrogen) atoms. The van der Waals surface area contributed by atoms with Crippen LogP contribution in [-0.2, 0) is 9.53 Å². The molecule has 1 aliphatic heterocycles. The highest BCUT2D eigenvalue weighted by Gasteiger charge is 2.35. The van der Waals surface area contributed by atoms with Gasteiger partial charge in [0.05, 0.1) is 29.2 Å². The molecule has 1 saturated carbocycles. The standard InChI is InChI=1S/C15H17N5.C8H14O.C4H8O/c1-10-7-12(8-16)5-6-13(10)19-15-17-9-14(20(3)4)11(2)18-15;1-6-2-7-4-9-5-8(7)3-6;1-2-3-4-5/h5-7,9H,1-4H3,(H,17,18,19);6-8H,2-5H2,1H3;4H,2-3H2,1H3. The number of anilines is 3. The Hall–Kier alpha value is -2.98. The number of hydrogen-bond donors (Lipinski definition) is 1. The van der Waals surface area contributed by atoms with E-state index in [0.717, 1.165) is 66.3 Å². The minimum atomic E-state index is 0.556. The third-order valence-corrected chi connectivity index (χ3v) is 6.18. The molecule has 2 atom stereocenters. The van der Waals surface area contributed by atoms with Crippen molar-refractivity contribution in [3.8, 4) is 6.07 Å². The van der Waals surface area contributed by atoms with Crippen LogP contribution in [0.3, 0.4) is 0 Å². The number of hydrogen-bond acceptors (Lipinski definition) is 7. The molecule has 0 radical (unpaired) electrons. The molecule has 184 valence electrons. The van der Waals surface area contributed by atoms with Crippen molar-refractivity contribution in [2.75, 3.05) is 37.5 Å². The minimum Gasteiger partial charge on any atom is -0.381 e. The van der Waals surface area contributed by atoms with Crippen molar-refractivity contribution in [1.82, 2.24) is 9.97 Å². The Labute approximate surface area is 204 Å². The van der Waals surface area contributed by atoms with E-state index in [4.69, 9.17) is 10.00 Å². The van der Waals surface area contributed by atoms with Gasteiger partial charge in [-0.25, -0.2) is 9.97 Å². The molecule has 1 aromatic carbocycles. The fourth-order valence-electron chi connectivity index (χ4n) is 4.37. The number of nitriles is 1. The number of carbonyl (C=O) groups excluding carboxylic acids is 1. The van der Waals surface area contributed by atoms with Gasteiger partial charge in [0.1, 0.15) is 6.29 Å². The lowest BCUT2D eigenvalue weighted by Crippen LogP contribution is -2.12. The zero-order chi connectivity index (χ0) is 25.1. The number of carbonyl (C=O) groups is 1. The Morgan fingerprint density at radius 2 is 1.91 bits per heavy atom. The van der Waals surface area contributed by atoms with Crippen molar-refractivity contribution < 1.29 is 9.53 Å². The molecule has 2 heterocycles. The van der Waals surface area contributed by atoms with Crippen molar-refractivity contribution in [1.29, 1.82) is 5.26 Å². The van der Waals surface area contributed by atoms with Crippen LogP contribution in [0.4, 0.5) is 17.3 Å². The number of benzene rings is 1. The van der Waals surface area contributed by atoms with Gasteiger partial charge in [-0.15, -0.1) is 0 Å². The maximum Gasteiger partial charge on any atom is 0.227 e. The van der Waals surface area contributed by atoms with Gasteiger partial charge in [-0.3, -0.25) is 0 Å². The molecule has 7 heteroatoms. The van der Waals surface area contributed by atoms with E-state index in [9.17, 15) is 4.79 Å². The van der Waals surface area contributed by atoms with E-state index in [1.54, 1.807) is 12.3 Å². The number of aldehydes is 1. The first-order chi connectivity index (χ1) is 16.3. The Bertz CT molecular complexity index is 958. The largest absolute Gasteiger partial charge is 0.381 e. The van der Waals surface area contributed by atoms with Gasteiger partial charge in [-0.1, -0.05) is 13.8 Å². The molecule has 0 amide bonds. The Morgan fingerprint density at radius 3 is 2.38 bits per heavy atom. The molecule has 1 aromatic heterocycles. The number of ether oxygens (including phenoxy) is 1. The van der Waals surface area contributed by atoms with Crippen molar-refractivity contribution in [3.63, 3.8) is 0 Å². The first kappa shape index (κ1) is 27.3. The number of fused-ring (bicyclic) bond motifs is 1. The van der Waals surface area contributed by atoms with Crippen molar-refractivity contribution in [2.24, 2.45) is 17.8 Å². The van der Waals surface area contributed by atoms with Crippen LogP contribution in [0.1, 0.15) is 56.4 Å². The maximum absolute atomic E-state index is 9.40. The highest BCUT2D eigenvalue weighted by molar-refractivity contribution is 5.61. The maximum atomic E-state index is 9.40. The molecule has 0 bridgehead atoms. The molecule has 7 nitrogen and oxygen atoms in total. The number of unbranched alkanes of at least 4 members (excludes halogenated alkanes) is 1. The average Bonchev–Trinajstić information content (AvgIpc) is 3.37. The van der Waals surface area contributed by atoms with E-state index >= 15 is 0 Å². The van der Waals surface area contributed by atoms with Crippen molar-refractivity contribution >= 4 is 23.6 Å². The summed E-state index contributed by atoms with van der Waals surface area (Å²) in [6, 6.07) is 7.60. The van der Waals surface area contributed by atoms with Crippen molar-refractivity contribution in [3.05, 3.63) is 41.2 Å². The number of aromatic nitrogens is 2. The van der Waals surface area contributed by atoms with Gasteiger partial charge in [0.15, 0.2) is 0 Å². The van der Waals surface area contributed by atoms with Crippen LogP contribution < -0.4 is 10.2 Å². The van der Waals surface area contributed by atoms with Crippen LogP contribution in [0.2, 0.25) is 0 Å². The highest BCUT2D eigenvalue weighted by atomic mass is 16.5. The Balaban J connectivity index is 0.000000238. The summed E-state index contributed by atoms with van der Waals surface area (Å²) in [4.78, 5) is 20.1. The number of nitrogens with one attached hydrogen (secondary N) is 1. The van der Waals surface area contributed by atoms with Crippen LogP contribution in [-0.4, -0.2) is 43.6 Å². The fourth-order valence-corrected chi connectivity index (χ4v) is 4.37. The predicted molar refractivity (Wildman–Crippen MR) is 137 cm³/mol. The molecular weight excluding hydrogens is 426 g/mol. The SMILES string of the molecule is CC1CC2COCC2C1.CCCC=O.Cc1cc(C#N)ccc1Nc1ncc(N(C)C)c(C)n1. The third-order valence-electron chi connectivity index (χ3n) is 6.18. The molecule has 4 rings (SSSR count). The van der Waals surface area contributed by atoms with Gasteiger partial charge in [0.25, 0.3) is 0 Å². The minimum absolute atomic E-state index is 0.556. The van der Waals surface area contributed by atoms with Gasteiger partial charge in [-0.05, 0) is 74.6 Å². The first-order valence-electron chi connectivity index (χ1n) is 12.1. The summed E-state index contributed by atoms with van der Waals surface area (Å²) in [6.45, 7) is 10.3. The summed E-state index contributed by atoms with van der Waals surface area (Å²) in [5.74, 6) is 3.39. The van der Waals surface area contributed by atoms with Crippen LogP contribution in [0, 0.1) is 42.9 Å². The van der Waals surface area contributed by atoms with Gasteiger partial charge in [0, 0.05) is 39.4 Å². The number of rotatable bonds is 5. The third kappa shape index (κ3) is 8.11. The second-order valence-electron chi connectivity index (χ2n) is 9.41. The second kappa shape index (κ2) is 13.7. The monoisotopic (exact) mass is 465 g/mol. The van der Waals surface area contributed by atoms with Gasteiger partial charge >= 0.3 is 0 Å².